The molecule has 11 heteroatoms. The summed E-state index contributed by atoms with van der Waals surface area (Å²) in [4.78, 5) is 21.0. The van der Waals surface area contributed by atoms with Crippen LogP contribution >= 0.6 is 0 Å². The molecule has 0 saturated heterocycles. The Morgan fingerprint density at radius 2 is 1.91 bits per heavy atom. The van der Waals surface area contributed by atoms with Crippen molar-refractivity contribution in [1.29, 1.82) is 0 Å². The Labute approximate surface area is 181 Å². The van der Waals surface area contributed by atoms with E-state index in [0.29, 0.717) is 24.8 Å². The van der Waals surface area contributed by atoms with Crippen molar-refractivity contribution in [3.05, 3.63) is 41.2 Å². The monoisotopic (exact) mass is 452 g/mol. The Hall–Kier alpha value is -2.76. The van der Waals surface area contributed by atoms with Gasteiger partial charge in [0.2, 0.25) is 5.60 Å². The zero-order chi connectivity index (χ0) is 23.5. The molecule has 0 spiro atoms. The van der Waals surface area contributed by atoms with E-state index in [9.17, 15) is 33.3 Å². The van der Waals surface area contributed by atoms with Gasteiger partial charge >= 0.3 is 6.18 Å². The largest absolute Gasteiger partial charge is 0.423 e. The topological polar surface area (TPSA) is 142 Å². The van der Waals surface area contributed by atoms with E-state index in [4.69, 9.17) is 5.73 Å². The minimum Gasteiger partial charge on any atom is -0.396 e. The number of hydrogen-bond donors (Lipinski definition) is 5. The molecule has 1 amide bonds. The number of nitrogen functional groups attached to an aromatic ring is 1. The molecule has 3 aliphatic carbocycles. The number of amides is 1. The zero-order valence-electron chi connectivity index (χ0n) is 17.2. The molecule has 2 bridgehead atoms. The second kappa shape index (κ2) is 7.12. The Kier molecular flexibility index (Phi) is 4.99. The van der Waals surface area contributed by atoms with E-state index in [1.165, 1.54) is 12.3 Å². The fourth-order valence-corrected chi connectivity index (χ4v) is 4.79. The molecule has 5 rings (SSSR count). The molecule has 6 N–H and O–H groups in total. The number of aryl methyl sites for hydroxylation is 1. The summed E-state index contributed by atoms with van der Waals surface area (Å²) in [6.07, 6.45) is -1.90. The highest BCUT2D eigenvalue weighted by molar-refractivity contribution is 5.97. The van der Waals surface area contributed by atoms with Gasteiger partial charge in [-0.05, 0) is 43.4 Å². The third-order valence-electron chi connectivity index (χ3n) is 6.56. The summed E-state index contributed by atoms with van der Waals surface area (Å²) in [6.45, 7) is 0.131. The molecule has 3 fully saturated rings. The van der Waals surface area contributed by atoms with Crippen molar-refractivity contribution in [2.75, 3.05) is 18.9 Å². The van der Waals surface area contributed by atoms with Crippen LogP contribution in [-0.4, -0.2) is 56.1 Å². The van der Waals surface area contributed by atoms with Gasteiger partial charge in [0.05, 0.1) is 18.5 Å². The fraction of sp³-hybridized carbons (Fsp3) is 0.476. The summed E-state index contributed by atoms with van der Waals surface area (Å²) in [6, 6.07) is 3.48. The van der Waals surface area contributed by atoms with Crippen molar-refractivity contribution in [2.24, 2.45) is 5.41 Å². The Morgan fingerprint density at radius 3 is 2.47 bits per heavy atom. The molecule has 0 radical (unpaired) electrons. The first-order valence-electron chi connectivity index (χ1n) is 9.95. The summed E-state index contributed by atoms with van der Waals surface area (Å²) in [7, 11) is 0. The number of benzene rings is 1. The van der Waals surface area contributed by atoms with Gasteiger partial charge in [-0.2, -0.15) is 13.2 Å². The molecule has 3 aliphatic rings. The lowest BCUT2D eigenvalue weighted by Crippen LogP contribution is -2.75. The highest BCUT2D eigenvalue weighted by Gasteiger charge is 2.68. The number of nitrogens with one attached hydrogen (secondary N) is 1. The molecule has 1 aromatic carbocycles. The number of anilines is 1. The normalized spacial score (nSPS) is 26.0. The number of halogens is 3. The maximum atomic E-state index is 13.4. The molecular weight excluding hydrogens is 429 g/mol. The first-order valence-corrected chi connectivity index (χ1v) is 9.95. The van der Waals surface area contributed by atoms with Gasteiger partial charge in [0.1, 0.15) is 0 Å². The van der Waals surface area contributed by atoms with Crippen molar-refractivity contribution in [3.8, 4) is 11.3 Å². The number of carbonyl (C=O) groups excluding carboxylic acids is 1. The number of rotatable bonds is 6. The predicted molar refractivity (Wildman–Crippen MR) is 107 cm³/mol. The number of aromatic nitrogens is 2. The SMILES string of the molecule is Cc1ccc([C@](O)(CO)C(F)(F)F)cc1-c1cnc(N)c(C(=O)NC23CC(CO)(C2)C3)n1. The van der Waals surface area contributed by atoms with Crippen molar-refractivity contribution in [1.82, 2.24) is 15.3 Å². The summed E-state index contributed by atoms with van der Waals surface area (Å²) >= 11 is 0. The maximum Gasteiger partial charge on any atom is 0.423 e. The number of hydrogen-bond acceptors (Lipinski definition) is 7. The summed E-state index contributed by atoms with van der Waals surface area (Å²) in [5, 5.41) is 31.6. The van der Waals surface area contributed by atoms with Crippen LogP contribution in [0.4, 0.5) is 19.0 Å². The molecular formula is C21H23F3N4O4. The Bertz CT molecular complexity index is 1070. The first-order chi connectivity index (χ1) is 14.9. The molecule has 0 aliphatic heterocycles. The molecule has 1 atom stereocenters. The van der Waals surface area contributed by atoms with Gasteiger partial charge in [-0.1, -0.05) is 12.1 Å². The second-order valence-electron chi connectivity index (χ2n) is 8.96. The highest BCUT2D eigenvalue weighted by Crippen LogP contribution is 2.66. The van der Waals surface area contributed by atoms with E-state index in [-0.39, 0.29) is 34.8 Å². The lowest BCUT2D eigenvalue weighted by Gasteiger charge is -2.70. The molecule has 0 unspecified atom stereocenters. The minimum absolute atomic E-state index is 0.0653. The van der Waals surface area contributed by atoms with E-state index < -0.39 is 35.4 Å². The van der Waals surface area contributed by atoms with Crippen molar-refractivity contribution in [3.63, 3.8) is 0 Å². The van der Waals surface area contributed by atoms with Gasteiger partial charge in [0, 0.05) is 23.1 Å². The van der Waals surface area contributed by atoms with E-state index in [0.717, 1.165) is 12.1 Å². The number of carbonyl (C=O) groups is 1. The maximum absolute atomic E-state index is 13.4. The van der Waals surface area contributed by atoms with Gasteiger partial charge in [0.15, 0.2) is 11.5 Å². The van der Waals surface area contributed by atoms with Crippen molar-refractivity contribution in [2.45, 2.75) is 43.5 Å². The Morgan fingerprint density at radius 1 is 1.25 bits per heavy atom. The molecule has 172 valence electrons. The highest BCUT2D eigenvalue weighted by atomic mass is 19.4. The number of nitrogens with zero attached hydrogens (tertiary/aromatic N) is 2. The van der Waals surface area contributed by atoms with Crippen LogP contribution in [0.5, 0.6) is 0 Å². The van der Waals surface area contributed by atoms with E-state index in [1.54, 1.807) is 6.92 Å². The lowest BCUT2D eigenvalue weighted by atomic mass is 9.39. The summed E-state index contributed by atoms with van der Waals surface area (Å²) in [5.41, 5.74) is 1.94. The van der Waals surface area contributed by atoms with E-state index in [1.807, 2.05) is 0 Å². The molecule has 2 aromatic rings. The van der Waals surface area contributed by atoms with Gasteiger partial charge in [0.25, 0.3) is 5.91 Å². The molecule has 3 saturated carbocycles. The predicted octanol–water partition coefficient (Wildman–Crippen LogP) is 1.42. The van der Waals surface area contributed by atoms with Crippen molar-refractivity contribution < 1.29 is 33.3 Å². The van der Waals surface area contributed by atoms with Crippen LogP contribution in [0.3, 0.4) is 0 Å². The number of aliphatic hydroxyl groups excluding tert-OH is 2. The fourth-order valence-electron chi connectivity index (χ4n) is 4.79. The zero-order valence-corrected chi connectivity index (χ0v) is 17.2. The van der Waals surface area contributed by atoms with E-state index >= 15 is 0 Å². The molecule has 1 heterocycles. The smallest absolute Gasteiger partial charge is 0.396 e. The average Bonchev–Trinajstić information content (AvgIpc) is 2.68. The van der Waals surface area contributed by atoms with E-state index in [2.05, 4.69) is 15.3 Å². The van der Waals surface area contributed by atoms with Gasteiger partial charge < -0.3 is 26.4 Å². The van der Waals surface area contributed by atoms with Crippen LogP contribution < -0.4 is 11.1 Å². The van der Waals surface area contributed by atoms with Crippen LogP contribution in [-0.2, 0) is 5.60 Å². The van der Waals surface area contributed by atoms with Crippen LogP contribution in [0, 0.1) is 12.3 Å². The van der Waals surface area contributed by atoms with Crippen molar-refractivity contribution >= 4 is 11.7 Å². The number of nitrogens with two attached hydrogens (primary N) is 1. The summed E-state index contributed by atoms with van der Waals surface area (Å²) < 4.78 is 40.1. The quantitative estimate of drug-likeness (QED) is 0.446. The third kappa shape index (κ3) is 3.31. The van der Waals surface area contributed by atoms with Gasteiger partial charge in [-0.15, -0.1) is 0 Å². The van der Waals surface area contributed by atoms with Gasteiger partial charge in [-0.25, -0.2) is 9.97 Å². The van der Waals surface area contributed by atoms with Gasteiger partial charge in [-0.3, -0.25) is 4.79 Å². The van der Waals surface area contributed by atoms with Crippen LogP contribution in [0.2, 0.25) is 0 Å². The minimum atomic E-state index is -5.11. The Balaban J connectivity index is 1.66. The lowest BCUT2D eigenvalue weighted by molar-refractivity contribution is -0.277. The average molecular weight is 452 g/mol. The molecule has 32 heavy (non-hydrogen) atoms. The number of alkyl halides is 3. The van der Waals surface area contributed by atoms with Crippen LogP contribution in [0.1, 0.15) is 40.9 Å². The first kappa shape index (κ1) is 22.4. The standard InChI is InChI=1S/C21H23F3N4O4/c1-11-2-3-12(20(32,10-30)21(22,23)24)4-13(11)14-5-26-16(25)15(27-14)17(31)28-19-6-18(7-19,8-19)9-29/h2-5,29-30,32H,6-10H2,1H3,(H2,25,26)(H,28,31)/t18?,19?,20-/m1/s1. The second-order valence-corrected chi connectivity index (χ2v) is 8.96. The number of aliphatic hydroxyl groups is 3. The molecule has 1 aromatic heterocycles. The molecule has 8 nitrogen and oxygen atoms in total. The third-order valence-corrected chi connectivity index (χ3v) is 6.56. The summed E-state index contributed by atoms with van der Waals surface area (Å²) in [5.74, 6) is -0.690. The van der Waals surface area contributed by atoms with Crippen LogP contribution in [0.25, 0.3) is 11.3 Å². The van der Waals surface area contributed by atoms with Crippen LogP contribution in [0.15, 0.2) is 24.4 Å².